The molecule has 0 aliphatic carbocycles. The van der Waals surface area contributed by atoms with E-state index in [2.05, 4.69) is 5.32 Å². The minimum atomic E-state index is -1.00. The Morgan fingerprint density at radius 3 is 1.64 bits per heavy atom. The van der Waals surface area contributed by atoms with Crippen molar-refractivity contribution in [3.05, 3.63) is 0 Å². The molecule has 0 heterocycles. The van der Waals surface area contributed by atoms with E-state index in [0.717, 1.165) is 0 Å². The number of carbonyl (C=O) groups is 1. The van der Waals surface area contributed by atoms with Crippen LogP contribution >= 0.6 is 0 Å². The third kappa shape index (κ3) is 26.6. The average Bonchev–Trinajstić information content (AvgIpc) is 1.57. The number of aliphatic carboxylic acids is 1. The fraction of sp³-hybridized carbons (Fsp3) is 0.857. The molecule has 4 nitrogen and oxygen atoms in total. The lowest BCUT2D eigenvalue weighted by molar-refractivity contribution is -0.864. The molecule has 4 heteroatoms. The van der Waals surface area contributed by atoms with Crippen LogP contribution in [-0.4, -0.2) is 52.2 Å². The lowest BCUT2D eigenvalue weighted by atomic mass is 10.5. The third-order valence-corrected chi connectivity index (χ3v) is 0.603. The van der Waals surface area contributed by atoms with Gasteiger partial charge in [-0.3, -0.25) is 0 Å². The number of carboxylic acids is 1. The molecule has 0 amide bonds. The summed E-state index contributed by atoms with van der Waals surface area (Å²) in [7, 11) is 9.15. The molecule has 0 unspecified atom stereocenters. The Morgan fingerprint density at radius 1 is 1.36 bits per heavy atom. The minimum absolute atomic E-state index is 0.0694. The number of hydrogen-bond donors (Lipinski definition) is 1. The first-order chi connectivity index (χ1) is 4.83. The van der Waals surface area contributed by atoms with Gasteiger partial charge < -0.3 is 19.7 Å². The molecule has 0 fully saturated rings. The fourth-order valence-corrected chi connectivity index (χ4v) is 0.387. The van der Waals surface area contributed by atoms with Gasteiger partial charge in [-0.2, -0.15) is 0 Å². The summed E-state index contributed by atoms with van der Waals surface area (Å²) >= 11 is 0. The van der Waals surface area contributed by atoms with E-state index in [0.29, 0.717) is 4.48 Å². The van der Waals surface area contributed by atoms with Crippen LogP contribution in [0, 0.1) is 0 Å². The van der Waals surface area contributed by atoms with Crippen LogP contribution in [0.15, 0.2) is 0 Å². The SMILES string of the molecule is CNC.C[N+](C)(C)CC(=O)[O-]. The predicted molar refractivity (Wildman–Crippen MR) is 42.9 cm³/mol. The summed E-state index contributed by atoms with van der Waals surface area (Å²) in [6.07, 6.45) is 0. The zero-order valence-electron chi connectivity index (χ0n) is 7.97. The van der Waals surface area contributed by atoms with Crippen molar-refractivity contribution in [3.63, 3.8) is 0 Å². The van der Waals surface area contributed by atoms with Crippen molar-refractivity contribution in [3.8, 4) is 0 Å². The summed E-state index contributed by atoms with van der Waals surface area (Å²) in [5.74, 6) is -1.00. The molecule has 68 valence electrons. The minimum Gasteiger partial charge on any atom is -0.544 e. The highest BCUT2D eigenvalue weighted by Crippen LogP contribution is 1.84. The Balaban J connectivity index is 0. The van der Waals surface area contributed by atoms with Crippen molar-refractivity contribution >= 4 is 5.97 Å². The van der Waals surface area contributed by atoms with E-state index < -0.39 is 5.97 Å². The van der Waals surface area contributed by atoms with Gasteiger partial charge in [-0.15, -0.1) is 0 Å². The first kappa shape index (κ1) is 13.0. The maximum Gasteiger partial charge on any atom is 0.118 e. The van der Waals surface area contributed by atoms with Gasteiger partial charge in [0.05, 0.1) is 27.1 Å². The molecule has 0 aromatic rings. The van der Waals surface area contributed by atoms with Gasteiger partial charge in [-0.05, 0) is 14.1 Å². The van der Waals surface area contributed by atoms with Gasteiger partial charge in [0.1, 0.15) is 6.54 Å². The quantitative estimate of drug-likeness (QED) is 0.491. The van der Waals surface area contributed by atoms with Crippen LogP contribution in [0.2, 0.25) is 0 Å². The van der Waals surface area contributed by atoms with E-state index in [-0.39, 0.29) is 6.54 Å². The molecule has 0 aromatic carbocycles. The van der Waals surface area contributed by atoms with E-state index in [9.17, 15) is 9.90 Å². The molecule has 0 atom stereocenters. The lowest BCUT2D eigenvalue weighted by Gasteiger charge is -2.23. The molecular formula is C7H18N2O2. The van der Waals surface area contributed by atoms with Crippen molar-refractivity contribution in [2.75, 3.05) is 41.8 Å². The smallest absolute Gasteiger partial charge is 0.118 e. The van der Waals surface area contributed by atoms with Gasteiger partial charge in [0.15, 0.2) is 0 Å². The molecule has 0 saturated heterocycles. The molecular weight excluding hydrogens is 144 g/mol. The average molecular weight is 162 g/mol. The van der Waals surface area contributed by atoms with Gasteiger partial charge in [0.25, 0.3) is 0 Å². The maximum absolute atomic E-state index is 9.89. The van der Waals surface area contributed by atoms with E-state index in [1.807, 2.05) is 14.1 Å². The maximum atomic E-state index is 9.89. The van der Waals surface area contributed by atoms with Gasteiger partial charge in [-0.25, -0.2) is 0 Å². The Bertz CT molecular complexity index is 107. The Morgan fingerprint density at radius 2 is 1.64 bits per heavy atom. The monoisotopic (exact) mass is 162 g/mol. The highest BCUT2D eigenvalue weighted by Gasteiger charge is 2.04. The van der Waals surface area contributed by atoms with E-state index in [1.54, 1.807) is 21.1 Å². The zero-order valence-corrected chi connectivity index (χ0v) is 7.97. The second kappa shape index (κ2) is 6.12. The summed E-state index contributed by atoms with van der Waals surface area (Å²) < 4.78 is 0.419. The molecule has 0 rings (SSSR count). The number of nitrogens with zero attached hydrogens (tertiary/aromatic N) is 1. The van der Waals surface area contributed by atoms with Crippen molar-refractivity contribution in [1.29, 1.82) is 0 Å². The van der Waals surface area contributed by atoms with Crippen LogP contribution in [-0.2, 0) is 4.79 Å². The molecule has 0 aromatic heterocycles. The summed E-state index contributed by atoms with van der Waals surface area (Å²) in [6, 6.07) is 0. The molecule has 0 bridgehead atoms. The molecule has 0 aliphatic heterocycles. The predicted octanol–water partition coefficient (Wildman–Crippen LogP) is -1.72. The standard InChI is InChI=1S/C5H11NO2.C2H7N/c1-6(2,3)4-5(7)8;1-3-2/h4H2,1-3H3;3H,1-2H3. The first-order valence-electron chi connectivity index (χ1n) is 3.42. The second-order valence-corrected chi connectivity index (χ2v) is 3.32. The van der Waals surface area contributed by atoms with Gasteiger partial charge in [0, 0.05) is 0 Å². The van der Waals surface area contributed by atoms with Crippen molar-refractivity contribution in [2.45, 2.75) is 0 Å². The van der Waals surface area contributed by atoms with Crippen LogP contribution in [0.4, 0.5) is 0 Å². The van der Waals surface area contributed by atoms with Crippen LogP contribution in [0.3, 0.4) is 0 Å². The van der Waals surface area contributed by atoms with Crippen LogP contribution in [0.5, 0.6) is 0 Å². The van der Waals surface area contributed by atoms with Crippen molar-refractivity contribution in [2.24, 2.45) is 0 Å². The fourth-order valence-electron chi connectivity index (χ4n) is 0.387. The summed E-state index contributed by atoms with van der Waals surface area (Å²) in [5, 5.41) is 12.6. The zero-order chi connectivity index (χ0) is 9.49. The number of carbonyl (C=O) groups excluding carboxylic acids is 1. The topological polar surface area (TPSA) is 52.2 Å². The number of carboxylic acid groups (broad SMARTS) is 1. The number of rotatable bonds is 2. The highest BCUT2D eigenvalue weighted by atomic mass is 16.4. The van der Waals surface area contributed by atoms with Gasteiger partial charge in [-0.1, -0.05) is 0 Å². The van der Waals surface area contributed by atoms with Gasteiger partial charge in [0.2, 0.25) is 0 Å². The van der Waals surface area contributed by atoms with E-state index in [1.165, 1.54) is 0 Å². The van der Waals surface area contributed by atoms with E-state index in [4.69, 9.17) is 0 Å². The molecule has 11 heavy (non-hydrogen) atoms. The van der Waals surface area contributed by atoms with Gasteiger partial charge >= 0.3 is 0 Å². The van der Waals surface area contributed by atoms with Crippen LogP contribution < -0.4 is 10.4 Å². The molecule has 0 aliphatic rings. The molecule has 0 radical (unpaired) electrons. The molecule has 0 spiro atoms. The first-order valence-corrected chi connectivity index (χ1v) is 3.42. The number of nitrogens with one attached hydrogen (secondary N) is 1. The second-order valence-electron chi connectivity index (χ2n) is 3.32. The van der Waals surface area contributed by atoms with Crippen LogP contribution in [0.1, 0.15) is 0 Å². The van der Waals surface area contributed by atoms with E-state index >= 15 is 0 Å². The Labute approximate surface area is 68.4 Å². The van der Waals surface area contributed by atoms with Crippen molar-refractivity contribution < 1.29 is 14.4 Å². The summed E-state index contributed by atoms with van der Waals surface area (Å²) in [4.78, 5) is 9.89. The lowest BCUT2D eigenvalue weighted by Crippen LogP contribution is -2.45. The summed E-state index contributed by atoms with van der Waals surface area (Å²) in [6.45, 7) is 0.0694. The Kier molecular flexibility index (Phi) is 7.24. The molecule has 0 saturated carbocycles. The van der Waals surface area contributed by atoms with Crippen molar-refractivity contribution in [1.82, 2.24) is 5.32 Å². The number of quaternary nitrogens is 1. The number of likely N-dealkylation sites (N-methyl/N-ethyl adjacent to an activating group) is 1. The molecule has 1 N–H and O–H groups in total. The third-order valence-electron chi connectivity index (χ3n) is 0.603. The summed E-state index contributed by atoms with van der Waals surface area (Å²) in [5.41, 5.74) is 0. The Hall–Kier alpha value is -0.610. The van der Waals surface area contributed by atoms with Crippen LogP contribution in [0.25, 0.3) is 0 Å². The highest BCUT2D eigenvalue weighted by molar-refractivity contribution is 5.65. The normalized spacial score (nSPS) is 9.91. The number of hydrogen-bond acceptors (Lipinski definition) is 3. The largest absolute Gasteiger partial charge is 0.544 e.